The molecule has 0 aliphatic carbocycles. The molecule has 0 unspecified atom stereocenters. The molecule has 216 valence electrons. The van der Waals surface area contributed by atoms with Crippen LogP contribution in [0.25, 0.3) is 11.1 Å². The van der Waals surface area contributed by atoms with Crippen LogP contribution in [0.1, 0.15) is 37.4 Å². The number of ether oxygens (including phenoxy) is 1. The van der Waals surface area contributed by atoms with Crippen LogP contribution in [0.4, 0.5) is 11.4 Å². The molecule has 1 aromatic heterocycles. The van der Waals surface area contributed by atoms with Crippen LogP contribution in [0.15, 0.2) is 99.7 Å². The number of oxazole rings is 1. The molecule has 2 N–H and O–H groups in total. The number of benzene rings is 4. The van der Waals surface area contributed by atoms with Crippen LogP contribution < -0.4 is 15.5 Å². The van der Waals surface area contributed by atoms with E-state index in [1.54, 1.807) is 38.3 Å². The Hall–Kier alpha value is -5.49. The van der Waals surface area contributed by atoms with Gasteiger partial charge in [-0.15, -0.1) is 0 Å². The predicted molar refractivity (Wildman–Crippen MR) is 164 cm³/mol. The van der Waals surface area contributed by atoms with E-state index in [1.165, 1.54) is 36.2 Å². The van der Waals surface area contributed by atoms with E-state index in [2.05, 4.69) is 20.8 Å². The number of aryl methyl sites for hydroxylation is 1. The van der Waals surface area contributed by atoms with Crippen LogP contribution in [0, 0.1) is 17.0 Å². The van der Waals surface area contributed by atoms with Gasteiger partial charge in [-0.05, 0) is 79.2 Å². The normalized spacial score (nSPS) is 11.0. The molecule has 4 aromatic carbocycles. The molecule has 0 fully saturated rings. The fourth-order valence-corrected chi connectivity index (χ4v) is 5.00. The fourth-order valence-electron chi connectivity index (χ4n) is 4.18. The average Bonchev–Trinajstić information content (AvgIpc) is 3.43. The second kappa shape index (κ2) is 13.0. The Kier molecular flexibility index (Phi) is 8.77. The Balaban J connectivity index is 1.17. The van der Waals surface area contributed by atoms with Gasteiger partial charge in [-0.25, -0.2) is 10.4 Å². The minimum absolute atomic E-state index is 0.0579. The van der Waals surface area contributed by atoms with E-state index in [0.29, 0.717) is 33.5 Å². The summed E-state index contributed by atoms with van der Waals surface area (Å²) in [5.74, 6) is 0.406. The number of nitrogens with zero attached hydrogens (tertiary/aromatic N) is 3. The number of aromatic nitrogens is 1. The topological polar surface area (TPSA) is 149 Å². The van der Waals surface area contributed by atoms with Gasteiger partial charge < -0.3 is 14.5 Å². The smallest absolute Gasteiger partial charge is 0.272 e. The maximum atomic E-state index is 12.6. The Morgan fingerprint density at radius 1 is 1.02 bits per heavy atom. The lowest BCUT2D eigenvalue weighted by Gasteiger charge is -2.08. The lowest BCUT2D eigenvalue weighted by molar-refractivity contribution is -0.385. The number of para-hydroxylation sites is 2. The van der Waals surface area contributed by atoms with E-state index < -0.39 is 16.7 Å². The monoisotopic (exact) mass is 595 g/mol. The summed E-state index contributed by atoms with van der Waals surface area (Å²) < 4.78 is 11.3. The maximum absolute atomic E-state index is 12.6. The number of nitrogens with one attached hydrogen (secondary N) is 2. The molecule has 0 aliphatic heterocycles. The van der Waals surface area contributed by atoms with Gasteiger partial charge in [0.25, 0.3) is 22.7 Å². The molecule has 5 aromatic rings. The number of hydrazone groups is 1. The first kappa shape index (κ1) is 29.0. The minimum atomic E-state index is -0.498. The van der Waals surface area contributed by atoms with Crippen molar-refractivity contribution in [3.63, 3.8) is 0 Å². The lowest BCUT2D eigenvalue weighted by Crippen LogP contribution is -2.18. The first-order chi connectivity index (χ1) is 20.8. The number of thioether (sulfide) groups is 1. The van der Waals surface area contributed by atoms with E-state index in [-0.39, 0.29) is 11.3 Å². The standard InChI is InChI=1S/C31H25N5O6S/c1-19-15-22(10-13-26(19)36(39)40)29(37)33-24-11-8-21(9-12-24)30(38)35-32-17-20-7-14-27(41-2)23(16-20)18-43-31-34-25-5-3-4-6-28(25)42-31/h3-17H,18H2,1-2H3,(H,33,37)(H,35,38). The van der Waals surface area contributed by atoms with Gasteiger partial charge in [0, 0.05) is 39.8 Å². The summed E-state index contributed by atoms with van der Waals surface area (Å²) in [5.41, 5.74) is 7.10. The van der Waals surface area contributed by atoms with Gasteiger partial charge in [0.15, 0.2) is 5.58 Å². The SMILES string of the molecule is COc1ccc(C=NNC(=O)c2ccc(NC(=O)c3ccc([N+](=O)[O-])c(C)c3)cc2)cc1CSc1nc2ccccc2o1. The lowest BCUT2D eigenvalue weighted by atomic mass is 10.1. The van der Waals surface area contributed by atoms with Gasteiger partial charge in [0.2, 0.25) is 0 Å². The summed E-state index contributed by atoms with van der Waals surface area (Å²) in [6, 6.07) is 23.5. The average molecular weight is 596 g/mol. The number of amides is 2. The number of fused-ring (bicyclic) bond motifs is 1. The highest BCUT2D eigenvalue weighted by Gasteiger charge is 2.14. The first-order valence-corrected chi connectivity index (χ1v) is 13.9. The molecule has 11 nitrogen and oxygen atoms in total. The largest absolute Gasteiger partial charge is 0.496 e. The molecule has 0 spiro atoms. The summed E-state index contributed by atoms with van der Waals surface area (Å²) in [6.07, 6.45) is 1.53. The number of nitro benzene ring substituents is 1. The van der Waals surface area contributed by atoms with E-state index in [1.807, 2.05) is 42.5 Å². The van der Waals surface area contributed by atoms with Gasteiger partial charge in [-0.1, -0.05) is 23.9 Å². The first-order valence-electron chi connectivity index (χ1n) is 13.0. The quantitative estimate of drug-likeness (QED) is 0.0820. The second-order valence-electron chi connectivity index (χ2n) is 9.30. The van der Waals surface area contributed by atoms with Crippen LogP contribution in [-0.2, 0) is 5.75 Å². The van der Waals surface area contributed by atoms with E-state index in [9.17, 15) is 19.7 Å². The number of carbonyl (C=O) groups excluding carboxylic acids is 2. The highest BCUT2D eigenvalue weighted by atomic mass is 32.2. The molecule has 2 amide bonds. The summed E-state index contributed by atoms with van der Waals surface area (Å²) in [6.45, 7) is 1.57. The Bertz CT molecular complexity index is 1820. The van der Waals surface area contributed by atoms with Crippen LogP contribution in [0.2, 0.25) is 0 Å². The van der Waals surface area contributed by atoms with Crippen LogP contribution in [-0.4, -0.2) is 35.0 Å². The summed E-state index contributed by atoms with van der Waals surface area (Å²) in [7, 11) is 1.60. The minimum Gasteiger partial charge on any atom is -0.496 e. The van der Waals surface area contributed by atoms with Gasteiger partial charge in [-0.3, -0.25) is 19.7 Å². The molecule has 0 saturated carbocycles. The highest BCUT2D eigenvalue weighted by Crippen LogP contribution is 2.30. The fraction of sp³-hybridized carbons (Fsp3) is 0.0968. The van der Waals surface area contributed by atoms with Crippen molar-refractivity contribution in [2.45, 2.75) is 17.9 Å². The number of rotatable bonds is 10. The van der Waals surface area contributed by atoms with Crippen LogP contribution in [0.5, 0.6) is 5.75 Å². The highest BCUT2D eigenvalue weighted by molar-refractivity contribution is 7.98. The van der Waals surface area contributed by atoms with Crippen molar-refractivity contribution in [2.24, 2.45) is 5.10 Å². The summed E-state index contributed by atoms with van der Waals surface area (Å²) in [5, 5.41) is 18.4. The number of hydrogen-bond donors (Lipinski definition) is 2. The van der Waals surface area contributed by atoms with Crippen molar-refractivity contribution >= 4 is 52.3 Å². The third-order valence-corrected chi connectivity index (χ3v) is 7.25. The van der Waals surface area contributed by atoms with Crippen LogP contribution in [0.3, 0.4) is 0 Å². The summed E-state index contributed by atoms with van der Waals surface area (Å²) >= 11 is 1.45. The molecule has 43 heavy (non-hydrogen) atoms. The van der Waals surface area contributed by atoms with E-state index in [4.69, 9.17) is 9.15 Å². The van der Waals surface area contributed by atoms with Crippen molar-refractivity contribution in [2.75, 3.05) is 12.4 Å². The molecular weight excluding hydrogens is 570 g/mol. The van der Waals surface area contributed by atoms with Gasteiger partial charge >= 0.3 is 0 Å². The molecule has 0 saturated heterocycles. The number of methoxy groups -OCH3 is 1. The third-order valence-electron chi connectivity index (χ3n) is 6.37. The molecular formula is C31H25N5O6S. The molecule has 0 bridgehead atoms. The zero-order valence-electron chi connectivity index (χ0n) is 23.1. The number of carbonyl (C=O) groups is 2. The summed E-state index contributed by atoms with van der Waals surface area (Å²) in [4.78, 5) is 40.2. The molecule has 0 aliphatic rings. The number of nitro groups is 1. The number of anilines is 1. The maximum Gasteiger partial charge on any atom is 0.272 e. The Morgan fingerprint density at radius 3 is 2.51 bits per heavy atom. The van der Waals surface area contributed by atoms with Crippen LogP contribution >= 0.6 is 11.8 Å². The van der Waals surface area contributed by atoms with E-state index >= 15 is 0 Å². The molecule has 12 heteroatoms. The van der Waals surface area contributed by atoms with Gasteiger partial charge in [-0.2, -0.15) is 5.10 Å². The Labute approximate surface area is 250 Å². The molecule has 0 atom stereocenters. The van der Waals surface area contributed by atoms with Crippen molar-refractivity contribution < 1.29 is 23.7 Å². The van der Waals surface area contributed by atoms with Crippen molar-refractivity contribution in [1.29, 1.82) is 0 Å². The second-order valence-corrected chi connectivity index (χ2v) is 10.2. The number of hydrogen-bond acceptors (Lipinski definition) is 9. The third kappa shape index (κ3) is 7.05. The van der Waals surface area contributed by atoms with Gasteiger partial charge in [0.1, 0.15) is 11.3 Å². The van der Waals surface area contributed by atoms with E-state index in [0.717, 1.165) is 22.2 Å². The van der Waals surface area contributed by atoms with Crippen molar-refractivity contribution in [3.8, 4) is 5.75 Å². The van der Waals surface area contributed by atoms with Crippen molar-refractivity contribution in [1.82, 2.24) is 10.4 Å². The van der Waals surface area contributed by atoms with Gasteiger partial charge in [0.05, 0.1) is 18.2 Å². The predicted octanol–water partition coefficient (Wildman–Crippen LogP) is 6.36. The zero-order valence-corrected chi connectivity index (χ0v) is 23.9. The zero-order chi connectivity index (χ0) is 30.3. The van der Waals surface area contributed by atoms with Crippen molar-refractivity contribution in [3.05, 3.63) is 123 Å². The molecule has 5 rings (SSSR count). The molecule has 1 heterocycles. The Morgan fingerprint density at radius 2 is 1.79 bits per heavy atom. The molecule has 0 radical (unpaired) electrons.